The van der Waals surface area contributed by atoms with Gasteiger partial charge in [0.15, 0.2) is 9.84 Å². The maximum atomic E-state index is 11.4. The molecule has 124 valence electrons. The zero-order valence-corrected chi connectivity index (χ0v) is 14.6. The third kappa shape index (κ3) is 4.33. The van der Waals surface area contributed by atoms with E-state index in [0.29, 0.717) is 5.56 Å². The van der Waals surface area contributed by atoms with Gasteiger partial charge in [-0.2, -0.15) is 0 Å². The molecule has 1 unspecified atom stereocenters. The average Bonchev–Trinajstić information content (AvgIpc) is 2.45. The number of aliphatic hydroxyl groups excluding tert-OH is 1. The summed E-state index contributed by atoms with van der Waals surface area (Å²) in [4.78, 5) is 0.236. The zero-order chi connectivity index (χ0) is 17.2. The lowest BCUT2D eigenvalue weighted by Crippen LogP contribution is -2.11. The van der Waals surface area contributed by atoms with Crippen molar-refractivity contribution in [1.29, 1.82) is 0 Å². The molecule has 0 spiro atoms. The average molecular weight is 334 g/mol. The summed E-state index contributed by atoms with van der Waals surface area (Å²) in [6.07, 6.45) is 0.341. The minimum Gasteiger partial charge on any atom is -0.490 e. The predicted octanol–water partition coefficient (Wildman–Crippen LogP) is 3.13. The third-order valence-corrected chi connectivity index (χ3v) is 4.81. The van der Waals surface area contributed by atoms with E-state index in [9.17, 15) is 13.5 Å². The molecule has 0 aliphatic carbocycles. The number of hydrogen-bond acceptors (Lipinski definition) is 4. The van der Waals surface area contributed by atoms with Gasteiger partial charge in [0.2, 0.25) is 0 Å². The standard InChI is InChI=1S/C18H22O4S/c1-12-9-13(2)18(14(3)10-12)22-11-17(19)15-5-7-16(8-6-15)23(4,20)21/h5-10,17,19H,11H2,1-4H3. The molecule has 0 amide bonds. The van der Waals surface area contributed by atoms with E-state index in [1.165, 1.54) is 17.7 Å². The minimum atomic E-state index is -3.23. The van der Waals surface area contributed by atoms with Gasteiger partial charge in [-0.25, -0.2) is 8.42 Å². The SMILES string of the molecule is Cc1cc(C)c(OCC(O)c2ccc(S(C)(=O)=O)cc2)c(C)c1. The molecule has 0 aliphatic rings. The summed E-state index contributed by atoms with van der Waals surface area (Å²) in [5.74, 6) is 0.780. The number of hydrogen-bond donors (Lipinski definition) is 1. The van der Waals surface area contributed by atoms with Gasteiger partial charge in [-0.1, -0.05) is 29.8 Å². The van der Waals surface area contributed by atoms with Crippen molar-refractivity contribution in [3.05, 3.63) is 58.7 Å². The quantitative estimate of drug-likeness (QED) is 0.912. The highest BCUT2D eigenvalue weighted by atomic mass is 32.2. The van der Waals surface area contributed by atoms with E-state index in [1.807, 2.05) is 32.9 Å². The first-order chi connectivity index (χ1) is 10.7. The van der Waals surface area contributed by atoms with Crippen LogP contribution in [0.2, 0.25) is 0 Å². The van der Waals surface area contributed by atoms with Crippen molar-refractivity contribution in [2.24, 2.45) is 0 Å². The van der Waals surface area contributed by atoms with E-state index in [0.717, 1.165) is 23.1 Å². The molecule has 1 N–H and O–H groups in total. The zero-order valence-electron chi connectivity index (χ0n) is 13.8. The van der Waals surface area contributed by atoms with Gasteiger partial charge in [-0.15, -0.1) is 0 Å². The second-order valence-electron chi connectivity index (χ2n) is 5.90. The summed E-state index contributed by atoms with van der Waals surface area (Å²) < 4.78 is 28.6. The third-order valence-electron chi connectivity index (χ3n) is 3.68. The minimum absolute atomic E-state index is 0.114. The molecule has 1 atom stereocenters. The highest BCUT2D eigenvalue weighted by molar-refractivity contribution is 7.90. The molecule has 23 heavy (non-hydrogen) atoms. The lowest BCUT2D eigenvalue weighted by atomic mass is 10.1. The number of sulfone groups is 1. The van der Waals surface area contributed by atoms with E-state index >= 15 is 0 Å². The van der Waals surface area contributed by atoms with Crippen LogP contribution in [0.15, 0.2) is 41.3 Å². The Balaban J connectivity index is 2.10. The Morgan fingerprint density at radius 3 is 2.04 bits per heavy atom. The van der Waals surface area contributed by atoms with E-state index < -0.39 is 15.9 Å². The summed E-state index contributed by atoms with van der Waals surface area (Å²) in [6.45, 7) is 6.09. The van der Waals surface area contributed by atoms with Crippen molar-refractivity contribution >= 4 is 9.84 Å². The topological polar surface area (TPSA) is 63.6 Å². The van der Waals surface area contributed by atoms with Crippen LogP contribution in [0.25, 0.3) is 0 Å². The molecule has 0 heterocycles. The lowest BCUT2D eigenvalue weighted by Gasteiger charge is -2.16. The molecule has 0 saturated heterocycles. The van der Waals surface area contributed by atoms with Crippen molar-refractivity contribution in [3.63, 3.8) is 0 Å². The summed E-state index contributed by atoms with van der Waals surface area (Å²) in [5, 5.41) is 10.2. The number of aryl methyl sites for hydroxylation is 3. The fraction of sp³-hybridized carbons (Fsp3) is 0.333. The van der Waals surface area contributed by atoms with Crippen LogP contribution in [-0.4, -0.2) is 26.4 Å². The van der Waals surface area contributed by atoms with Crippen LogP contribution in [0.5, 0.6) is 5.75 Å². The van der Waals surface area contributed by atoms with E-state index in [1.54, 1.807) is 12.1 Å². The highest BCUT2D eigenvalue weighted by Gasteiger charge is 2.13. The molecule has 0 aromatic heterocycles. The maximum absolute atomic E-state index is 11.4. The molecule has 0 aliphatic heterocycles. The molecule has 2 rings (SSSR count). The first-order valence-electron chi connectivity index (χ1n) is 7.37. The second kappa shape index (κ2) is 6.72. The number of benzene rings is 2. The Morgan fingerprint density at radius 1 is 1.04 bits per heavy atom. The maximum Gasteiger partial charge on any atom is 0.175 e. The summed E-state index contributed by atoms with van der Waals surface area (Å²) in [5.41, 5.74) is 3.85. The van der Waals surface area contributed by atoms with Crippen LogP contribution in [0.1, 0.15) is 28.4 Å². The van der Waals surface area contributed by atoms with Crippen molar-refractivity contribution in [1.82, 2.24) is 0 Å². The fourth-order valence-electron chi connectivity index (χ4n) is 2.59. The Labute approximate surface area is 137 Å². The fourth-order valence-corrected chi connectivity index (χ4v) is 3.22. The Kier molecular flexibility index (Phi) is 5.12. The van der Waals surface area contributed by atoms with E-state index in [-0.39, 0.29) is 11.5 Å². The van der Waals surface area contributed by atoms with E-state index in [2.05, 4.69) is 0 Å². The van der Waals surface area contributed by atoms with Crippen LogP contribution >= 0.6 is 0 Å². The Bertz CT molecular complexity index is 769. The van der Waals surface area contributed by atoms with Crippen LogP contribution in [0, 0.1) is 20.8 Å². The van der Waals surface area contributed by atoms with Gasteiger partial charge < -0.3 is 9.84 Å². The molecular weight excluding hydrogens is 312 g/mol. The normalized spacial score (nSPS) is 12.9. The van der Waals surface area contributed by atoms with Crippen molar-refractivity contribution < 1.29 is 18.3 Å². The van der Waals surface area contributed by atoms with Gasteiger partial charge in [-0.05, 0) is 49.6 Å². The van der Waals surface area contributed by atoms with Gasteiger partial charge in [0, 0.05) is 6.26 Å². The Morgan fingerprint density at radius 2 is 1.57 bits per heavy atom. The van der Waals surface area contributed by atoms with Crippen LogP contribution in [-0.2, 0) is 9.84 Å². The first-order valence-corrected chi connectivity index (χ1v) is 9.26. The van der Waals surface area contributed by atoms with Crippen LogP contribution in [0.3, 0.4) is 0 Å². The predicted molar refractivity (Wildman–Crippen MR) is 90.7 cm³/mol. The van der Waals surface area contributed by atoms with Gasteiger partial charge in [0.25, 0.3) is 0 Å². The van der Waals surface area contributed by atoms with E-state index in [4.69, 9.17) is 4.74 Å². The van der Waals surface area contributed by atoms with Crippen molar-refractivity contribution in [2.75, 3.05) is 12.9 Å². The van der Waals surface area contributed by atoms with Gasteiger partial charge >= 0.3 is 0 Å². The highest BCUT2D eigenvalue weighted by Crippen LogP contribution is 2.26. The molecule has 0 saturated carbocycles. The summed E-state index contributed by atoms with van der Waals surface area (Å²) in [7, 11) is -3.23. The monoisotopic (exact) mass is 334 g/mol. The second-order valence-corrected chi connectivity index (χ2v) is 7.91. The molecule has 0 fully saturated rings. The summed E-state index contributed by atoms with van der Waals surface area (Å²) in [6, 6.07) is 10.3. The number of ether oxygens (including phenoxy) is 1. The van der Waals surface area contributed by atoms with Gasteiger partial charge in [0.1, 0.15) is 18.5 Å². The molecule has 5 heteroatoms. The molecule has 0 radical (unpaired) electrons. The molecule has 2 aromatic rings. The van der Waals surface area contributed by atoms with Crippen LogP contribution in [0.4, 0.5) is 0 Å². The lowest BCUT2D eigenvalue weighted by molar-refractivity contribution is 0.107. The Hall–Kier alpha value is -1.85. The smallest absolute Gasteiger partial charge is 0.175 e. The largest absolute Gasteiger partial charge is 0.490 e. The molecular formula is C18H22O4S. The molecule has 4 nitrogen and oxygen atoms in total. The van der Waals surface area contributed by atoms with Gasteiger partial charge in [0.05, 0.1) is 4.90 Å². The summed E-state index contributed by atoms with van der Waals surface area (Å²) >= 11 is 0. The molecule has 0 bridgehead atoms. The first kappa shape index (κ1) is 17.5. The van der Waals surface area contributed by atoms with Crippen LogP contribution < -0.4 is 4.74 Å². The van der Waals surface area contributed by atoms with Crippen molar-refractivity contribution in [2.45, 2.75) is 31.8 Å². The van der Waals surface area contributed by atoms with Gasteiger partial charge in [-0.3, -0.25) is 0 Å². The number of aliphatic hydroxyl groups is 1. The molecule has 2 aromatic carbocycles. The van der Waals surface area contributed by atoms with Crippen molar-refractivity contribution in [3.8, 4) is 5.75 Å². The number of rotatable bonds is 5.